The van der Waals surface area contributed by atoms with E-state index in [1.54, 1.807) is 0 Å². The van der Waals surface area contributed by atoms with Crippen LogP contribution in [0.25, 0.3) is 11.0 Å². The number of rotatable bonds is 4. The van der Waals surface area contributed by atoms with Crippen LogP contribution < -0.4 is 5.32 Å². The van der Waals surface area contributed by atoms with Crippen LogP contribution in [0.5, 0.6) is 0 Å². The van der Waals surface area contributed by atoms with Crippen molar-refractivity contribution in [1.82, 2.24) is 8.75 Å². The average Bonchev–Trinajstić information content (AvgIpc) is 2.90. The number of aromatic nitrogens is 2. The standard InChI is InChI=1S/C12H10Cl2N4OS/c1-2-3-6(5-15)12(19)16-9-7(13)4-8(14)10-11(9)18-20-17-10/h4,6H,2-3H2,1H3,(H,16,19). The van der Waals surface area contributed by atoms with Crippen molar-refractivity contribution in [3.05, 3.63) is 16.1 Å². The van der Waals surface area contributed by atoms with E-state index < -0.39 is 11.8 Å². The first-order chi connectivity index (χ1) is 9.58. The Morgan fingerprint density at radius 1 is 1.45 bits per heavy atom. The molecule has 0 spiro atoms. The normalized spacial score (nSPS) is 12.1. The summed E-state index contributed by atoms with van der Waals surface area (Å²) in [6.45, 7) is 1.91. The van der Waals surface area contributed by atoms with Crippen LogP contribution >= 0.6 is 34.9 Å². The number of carbonyl (C=O) groups excluding carboxylic acids is 1. The number of amides is 1. The number of halogens is 2. The van der Waals surface area contributed by atoms with Gasteiger partial charge in [-0.1, -0.05) is 36.5 Å². The van der Waals surface area contributed by atoms with Crippen molar-refractivity contribution < 1.29 is 4.79 Å². The third-order valence-electron chi connectivity index (χ3n) is 2.74. The van der Waals surface area contributed by atoms with Crippen molar-refractivity contribution >= 4 is 57.6 Å². The summed E-state index contributed by atoms with van der Waals surface area (Å²) in [5.74, 6) is -1.11. The summed E-state index contributed by atoms with van der Waals surface area (Å²) in [7, 11) is 0. The molecule has 0 aliphatic heterocycles. The minimum absolute atomic E-state index is 0.275. The third kappa shape index (κ3) is 2.85. The van der Waals surface area contributed by atoms with Gasteiger partial charge in [0.1, 0.15) is 17.0 Å². The lowest BCUT2D eigenvalue weighted by atomic mass is 10.0. The number of fused-ring (bicyclic) bond motifs is 1. The minimum atomic E-state index is -0.714. The van der Waals surface area contributed by atoms with Gasteiger partial charge in [-0.25, -0.2) is 0 Å². The number of carbonyl (C=O) groups is 1. The molecule has 0 fully saturated rings. The Hall–Kier alpha value is -1.42. The minimum Gasteiger partial charge on any atom is -0.322 e. The van der Waals surface area contributed by atoms with Gasteiger partial charge in [-0.15, -0.1) is 0 Å². The van der Waals surface area contributed by atoms with Crippen molar-refractivity contribution in [2.24, 2.45) is 5.92 Å². The zero-order valence-electron chi connectivity index (χ0n) is 10.5. The number of hydrogen-bond donors (Lipinski definition) is 1. The number of benzene rings is 1. The first-order valence-electron chi connectivity index (χ1n) is 5.89. The van der Waals surface area contributed by atoms with Crippen molar-refractivity contribution in [3.63, 3.8) is 0 Å². The molecule has 1 amide bonds. The maximum Gasteiger partial charge on any atom is 0.241 e. The fraction of sp³-hybridized carbons (Fsp3) is 0.333. The summed E-state index contributed by atoms with van der Waals surface area (Å²) in [4.78, 5) is 12.1. The van der Waals surface area contributed by atoms with Gasteiger partial charge in [0, 0.05) is 0 Å². The van der Waals surface area contributed by atoms with Gasteiger partial charge in [0.05, 0.1) is 33.5 Å². The smallest absolute Gasteiger partial charge is 0.241 e. The molecule has 1 aromatic carbocycles. The molecule has 1 heterocycles. The molecular formula is C12H10Cl2N4OS. The number of anilines is 1. The molecule has 1 unspecified atom stereocenters. The zero-order valence-corrected chi connectivity index (χ0v) is 12.8. The summed E-state index contributed by atoms with van der Waals surface area (Å²) in [6.07, 6.45) is 1.24. The van der Waals surface area contributed by atoms with Crippen molar-refractivity contribution in [2.75, 3.05) is 5.32 Å². The Balaban J connectivity index is 2.37. The highest BCUT2D eigenvalue weighted by molar-refractivity contribution is 7.00. The van der Waals surface area contributed by atoms with E-state index in [1.165, 1.54) is 6.07 Å². The second kappa shape index (κ2) is 6.35. The van der Waals surface area contributed by atoms with E-state index in [1.807, 2.05) is 13.0 Å². The first kappa shape index (κ1) is 15.0. The molecule has 2 rings (SSSR count). The molecule has 0 radical (unpaired) electrons. The lowest BCUT2D eigenvalue weighted by Crippen LogP contribution is -2.21. The molecule has 0 saturated heterocycles. The van der Waals surface area contributed by atoms with Crippen LogP contribution in [-0.4, -0.2) is 14.7 Å². The van der Waals surface area contributed by atoms with Crippen molar-refractivity contribution in [2.45, 2.75) is 19.8 Å². The maximum absolute atomic E-state index is 12.1. The van der Waals surface area contributed by atoms with Gasteiger partial charge in [-0.3, -0.25) is 4.79 Å². The second-order valence-electron chi connectivity index (χ2n) is 4.14. The van der Waals surface area contributed by atoms with Crippen LogP contribution in [0.1, 0.15) is 19.8 Å². The van der Waals surface area contributed by atoms with Gasteiger partial charge in [-0.05, 0) is 12.5 Å². The van der Waals surface area contributed by atoms with E-state index in [2.05, 4.69) is 14.1 Å². The van der Waals surface area contributed by atoms with Gasteiger partial charge in [-0.2, -0.15) is 14.0 Å². The van der Waals surface area contributed by atoms with Crippen LogP contribution in [0.4, 0.5) is 5.69 Å². The van der Waals surface area contributed by atoms with Gasteiger partial charge < -0.3 is 5.32 Å². The van der Waals surface area contributed by atoms with E-state index >= 15 is 0 Å². The monoisotopic (exact) mass is 328 g/mol. The third-order valence-corrected chi connectivity index (χ3v) is 3.86. The predicted octanol–water partition coefficient (Wildman–Crippen LogP) is 3.88. The molecule has 8 heteroatoms. The van der Waals surface area contributed by atoms with E-state index in [0.29, 0.717) is 28.2 Å². The van der Waals surface area contributed by atoms with Gasteiger partial charge in [0.15, 0.2) is 0 Å². The lowest BCUT2D eigenvalue weighted by Gasteiger charge is -2.11. The molecule has 1 N–H and O–H groups in total. The number of hydrogen-bond acceptors (Lipinski definition) is 5. The molecule has 5 nitrogen and oxygen atoms in total. The highest BCUT2D eigenvalue weighted by atomic mass is 35.5. The summed E-state index contributed by atoms with van der Waals surface area (Å²) in [6, 6.07) is 3.48. The first-order valence-corrected chi connectivity index (χ1v) is 7.37. The molecule has 2 aromatic rings. The van der Waals surface area contributed by atoms with E-state index in [9.17, 15) is 4.79 Å². The van der Waals surface area contributed by atoms with Gasteiger partial charge >= 0.3 is 0 Å². The fourth-order valence-electron chi connectivity index (χ4n) is 1.75. The van der Waals surface area contributed by atoms with Crippen LogP contribution in [-0.2, 0) is 4.79 Å². The van der Waals surface area contributed by atoms with Crippen LogP contribution in [0.3, 0.4) is 0 Å². The summed E-state index contributed by atoms with van der Waals surface area (Å²) in [5.41, 5.74) is 1.27. The zero-order chi connectivity index (χ0) is 14.7. The molecule has 1 aromatic heterocycles. The summed E-state index contributed by atoms with van der Waals surface area (Å²) < 4.78 is 8.14. The largest absolute Gasteiger partial charge is 0.322 e. The highest BCUT2D eigenvalue weighted by Gasteiger charge is 2.21. The van der Waals surface area contributed by atoms with E-state index in [0.717, 1.165) is 18.1 Å². The molecule has 104 valence electrons. The number of nitrogens with zero attached hydrogens (tertiary/aromatic N) is 3. The Bertz CT molecular complexity index is 695. The maximum atomic E-state index is 12.1. The van der Waals surface area contributed by atoms with Crippen molar-refractivity contribution in [3.8, 4) is 6.07 Å². The number of nitriles is 1. The van der Waals surface area contributed by atoms with Crippen LogP contribution in [0.15, 0.2) is 6.07 Å². The highest BCUT2D eigenvalue weighted by Crippen LogP contribution is 2.35. The summed E-state index contributed by atoms with van der Waals surface area (Å²) >= 11 is 13.1. The molecule has 0 bridgehead atoms. The number of nitrogens with one attached hydrogen (secondary N) is 1. The van der Waals surface area contributed by atoms with Gasteiger partial charge in [0.25, 0.3) is 0 Å². The lowest BCUT2D eigenvalue weighted by molar-refractivity contribution is -0.118. The van der Waals surface area contributed by atoms with Crippen molar-refractivity contribution in [1.29, 1.82) is 5.26 Å². The molecule has 0 saturated carbocycles. The van der Waals surface area contributed by atoms with E-state index in [4.69, 9.17) is 28.5 Å². The quantitative estimate of drug-likeness (QED) is 0.923. The van der Waals surface area contributed by atoms with Crippen LogP contribution in [0.2, 0.25) is 10.0 Å². The topological polar surface area (TPSA) is 78.7 Å². The molecule has 20 heavy (non-hydrogen) atoms. The fourth-order valence-corrected chi connectivity index (χ4v) is 2.91. The Morgan fingerprint density at radius 3 is 2.80 bits per heavy atom. The van der Waals surface area contributed by atoms with E-state index in [-0.39, 0.29) is 5.02 Å². The molecule has 0 aliphatic carbocycles. The average molecular weight is 329 g/mol. The van der Waals surface area contributed by atoms with Gasteiger partial charge in [0.2, 0.25) is 5.91 Å². The van der Waals surface area contributed by atoms with Crippen LogP contribution in [0, 0.1) is 17.2 Å². The Kier molecular flexibility index (Phi) is 4.76. The molecular weight excluding hydrogens is 319 g/mol. The molecule has 0 aliphatic rings. The molecule has 1 atom stereocenters. The Labute approximate surface area is 129 Å². The second-order valence-corrected chi connectivity index (χ2v) is 5.48. The summed E-state index contributed by atoms with van der Waals surface area (Å²) in [5, 5.41) is 12.3. The SMILES string of the molecule is CCCC(C#N)C(=O)Nc1c(Cl)cc(Cl)c2nsnc12. The predicted molar refractivity (Wildman–Crippen MR) is 80.1 cm³/mol. The Morgan fingerprint density at radius 2 is 2.15 bits per heavy atom.